The second kappa shape index (κ2) is 27.5. The molecule has 14 heteroatoms. The number of hydrogen-bond acceptors (Lipinski definition) is 13. The van der Waals surface area contributed by atoms with Crippen LogP contribution in [0, 0.1) is 0 Å². The highest BCUT2D eigenvalue weighted by molar-refractivity contribution is 5.79. The molecule has 0 saturated carbocycles. The fourth-order valence-corrected chi connectivity index (χ4v) is 4.85. The van der Waals surface area contributed by atoms with Crippen molar-refractivity contribution in [1.29, 1.82) is 0 Å². The molecule has 1 N–H and O–H groups in total. The molecule has 0 aliphatic heterocycles. The van der Waals surface area contributed by atoms with E-state index in [1.807, 2.05) is 24.3 Å². The van der Waals surface area contributed by atoms with E-state index in [4.69, 9.17) is 47.4 Å². The number of nitrogens with one attached hydrogen (secondary N) is 1. The van der Waals surface area contributed by atoms with Crippen LogP contribution >= 0.6 is 0 Å². The molecular weight excluding hydrogens is 654 g/mol. The molecule has 0 fully saturated rings. The Labute approximate surface area is 294 Å². The summed E-state index contributed by atoms with van der Waals surface area (Å²) in [4.78, 5) is 23.1. The summed E-state index contributed by atoms with van der Waals surface area (Å²) >= 11 is 0. The van der Waals surface area contributed by atoms with Gasteiger partial charge < -0.3 is 57.4 Å². The predicted molar refractivity (Wildman–Crippen MR) is 182 cm³/mol. The molecule has 0 spiro atoms. The lowest BCUT2D eigenvalue weighted by atomic mass is 9.98. The first-order chi connectivity index (χ1) is 24.7. The molecule has 1 amide bonds. The zero-order chi connectivity index (χ0) is 35.3. The number of hydrogen-bond donors (Lipinski definition) is 1. The van der Waals surface area contributed by atoms with Crippen LogP contribution < -0.4 is 5.32 Å². The van der Waals surface area contributed by atoms with E-state index in [0.717, 1.165) is 0 Å². The molecule has 50 heavy (non-hydrogen) atoms. The summed E-state index contributed by atoms with van der Waals surface area (Å²) in [6.45, 7) is 8.09. The predicted octanol–water partition coefficient (Wildman–Crippen LogP) is 2.85. The number of amides is 1. The molecule has 0 saturated heterocycles. The third kappa shape index (κ3) is 17.7. The number of methoxy groups -OCH3 is 1. The van der Waals surface area contributed by atoms with Crippen molar-refractivity contribution < 1.29 is 61.7 Å². The van der Waals surface area contributed by atoms with Crippen LogP contribution in [-0.2, 0) is 56.9 Å². The number of rotatable bonds is 31. The van der Waals surface area contributed by atoms with Gasteiger partial charge in [0.2, 0.25) is 0 Å². The Bertz CT molecular complexity index is 1140. The summed E-state index contributed by atoms with van der Waals surface area (Å²) in [5.74, 6) is -0.377. The first-order valence-electron chi connectivity index (χ1n) is 17.1. The zero-order valence-electron chi connectivity index (χ0n) is 29.1. The third-order valence-electron chi connectivity index (χ3n) is 7.28. The Kier molecular flexibility index (Phi) is 22.7. The highest BCUT2D eigenvalue weighted by Crippen LogP contribution is 2.44. The topological polar surface area (TPSA) is 148 Å². The Balaban J connectivity index is 0.976. The average molecular weight is 708 g/mol. The number of esters is 1. The molecule has 0 heterocycles. The Morgan fingerprint density at radius 2 is 0.880 bits per heavy atom. The van der Waals surface area contributed by atoms with E-state index in [2.05, 4.69) is 34.3 Å². The summed E-state index contributed by atoms with van der Waals surface area (Å²) in [5.41, 5.74) is 4.76. The molecular formula is C36H53NO13. The number of fused-ring (bicyclic) bond motifs is 3. The van der Waals surface area contributed by atoms with E-state index in [0.29, 0.717) is 119 Å². The van der Waals surface area contributed by atoms with Crippen LogP contribution in [0.4, 0.5) is 4.79 Å². The van der Waals surface area contributed by atoms with Gasteiger partial charge >= 0.3 is 12.1 Å². The molecule has 3 rings (SSSR count). The first-order valence-corrected chi connectivity index (χ1v) is 17.1. The quantitative estimate of drug-likeness (QED) is 0.0906. The van der Waals surface area contributed by atoms with Crippen molar-refractivity contribution in [1.82, 2.24) is 5.32 Å². The van der Waals surface area contributed by atoms with Crippen molar-refractivity contribution in [2.24, 2.45) is 0 Å². The van der Waals surface area contributed by atoms with Crippen molar-refractivity contribution in [3.8, 4) is 11.1 Å². The molecule has 280 valence electrons. The minimum atomic E-state index is -0.456. The number of ether oxygens (including phenoxy) is 11. The van der Waals surface area contributed by atoms with E-state index < -0.39 is 12.1 Å². The van der Waals surface area contributed by atoms with E-state index >= 15 is 0 Å². The standard InChI is InChI=1S/C36H53NO13/c1-40-35(38)29-49-27-26-48-25-24-47-23-22-46-21-20-45-19-18-44-17-16-43-15-14-42-13-12-41-11-10-37-36(39)50-28-34-32-8-4-2-6-30(32)31-7-3-5-9-33(31)34/h2-9,34H,10-29H2,1H3,(H,37,39). The highest BCUT2D eigenvalue weighted by atomic mass is 16.6. The van der Waals surface area contributed by atoms with Crippen molar-refractivity contribution in [3.63, 3.8) is 0 Å². The van der Waals surface area contributed by atoms with Gasteiger partial charge in [-0.15, -0.1) is 0 Å². The summed E-state index contributed by atoms with van der Waals surface area (Å²) < 4.78 is 58.7. The Morgan fingerprint density at radius 3 is 1.28 bits per heavy atom. The molecule has 0 bridgehead atoms. The van der Waals surface area contributed by atoms with Crippen molar-refractivity contribution >= 4 is 12.1 Å². The van der Waals surface area contributed by atoms with Crippen LogP contribution in [0.15, 0.2) is 48.5 Å². The van der Waals surface area contributed by atoms with Gasteiger partial charge in [0.05, 0.1) is 119 Å². The van der Waals surface area contributed by atoms with Gasteiger partial charge in [-0.25, -0.2) is 9.59 Å². The fraction of sp³-hybridized carbons (Fsp3) is 0.611. The molecule has 0 radical (unpaired) electrons. The number of alkyl carbamates (subject to hydrolysis) is 1. The normalized spacial score (nSPS) is 12.1. The molecule has 2 aromatic rings. The first kappa shape index (κ1) is 41.2. The fourth-order valence-electron chi connectivity index (χ4n) is 4.85. The molecule has 0 atom stereocenters. The van der Waals surface area contributed by atoms with Crippen LogP contribution in [0.25, 0.3) is 11.1 Å². The smallest absolute Gasteiger partial charge is 0.407 e. The van der Waals surface area contributed by atoms with Gasteiger partial charge in [-0.2, -0.15) is 0 Å². The van der Waals surface area contributed by atoms with Gasteiger partial charge in [0.15, 0.2) is 0 Å². The second-order valence-electron chi connectivity index (χ2n) is 10.8. The van der Waals surface area contributed by atoms with Gasteiger partial charge in [-0.1, -0.05) is 48.5 Å². The molecule has 0 aromatic heterocycles. The van der Waals surface area contributed by atoms with E-state index in [1.165, 1.54) is 29.4 Å². The number of carbonyl (C=O) groups excluding carboxylic acids is 2. The lowest BCUT2D eigenvalue weighted by molar-refractivity contribution is -0.146. The SMILES string of the molecule is COC(=O)COCCOCCOCCOCCOCCOCCOCCOCCOCCNC(=O)OCC1c2ccccc2-c2ccccc21. The van der Waals surface area contributed by atoms with Gasteiger partial charge in [-0.3, -0.25) is 0 Å². The van der Waals surface area contributed by atoms with Crippen molar-refractivity contribution in [3.05, 3.63) is 59.7 Å². The van der Waals surface area contributed by atoms with Crippen LogP contribution in [0.5, 0.6) is 0 Å². The lowest BCUT2D eigenvalue weighted by Gasteiger charge is -2.14. The summed E-state index contributed by atoms with van der Waals surface area (Å²) in [6, 6.07) is 16.5. The van der Waals surface area contributed by atoms with Gasteiger partial charge in [0, 0.05) is 12.5 Å². The molecule has 14 nitrogen and oxygen atoms in total. The average Bonchev–Trinajstić information content (AvgIpc) is 3.46. The Hall–Kier alpha value is -3.18. The lowest BCUT2D eigenvalue weighted by Crippen LogP contribution is -2.29. The van der Waals surface area contributed by atoms with Crippen molar-refractivity contribution in [2.75, 3.05) is 139 Å². The summed E-state index contributed by atoms with van der Waals surface area (Å²) in [7, 11) is 1.31. The summed E-state index contributed by atoms with van der Waals surface area (Å²) in [6.07, 6.45) is -0.456. The highest BCUT2D eigenvalue weighted by Gasteiger charge is 2.28. The van der Waals surface area contributed by atoms with Crippen LogP contribution in [-0.4, -0.2) is 151 Å². The Morgan fingerprint density at radius 1 is 0.520 bits per heavy atom. The van der Waals surface area contributed by atoms with Gasteiger partial charge in [0.25, 0.3) is 0 Å². The monoisotopic (exact) mass is 707 g/mol. The molecule has 1 aliphatic carbocycles. The van der Waals surface area contributed by atoms with Gasteiger partial charge in [0.1, 0.15) is 13.2 Å². The van der Waals surface area contributed by atoms with E-state index in [-0.39, 0.29) is 19.1 Å². The van der Waals surface area contributed by atoms with Crippen LogP contribution in [0.2, 0.25) is 0 Å². The van der Waals surface area contributed by atoms with Gasteiger partial charge in [-0.05, 0) is 22.3 Å². The minimum absolute atomic E-state index is 0.0345. The number of benzene rings is 2. The van der Waals surface area contributed by atoms with E-state index in [1.54, 1.807) is 0 Å². The molecule has 0 unspecified atom stereocenters. The number of carbonyl (C=O) groups is 2. The van der Waals surface area contributed by atoms with Crippen LogP contribution in [0.1, 0.15) is 17.0 Å². The minimum Gasteiger partial charge on any atom is -0.467 e. The maximum absolute atomic E-state index is 12.2. The largest absolute Gasteiger partial charge is 0.467 e. The molecule has 2 aromatic carbocycles. The maximum Gasteiger partial charge on any atom is 0.407 e. The zero-order valence-corrected chi connectivity index (χ0v) is 29.1. The van der Waals surface area contributed by atoms with E-state index in [9.17, 15) is 9.59 Å². The van der Waals surface area contributed by atoms with Crippen LogP contribution in [0.3, 0.4) is 0 Å². The third-order valence-corrected chi connectivity index (χ3v) is 7.28. The second-order valence-corrected chi connectivity index (χ2v) is 10.8. The molecule has 1 aliphatic rings. The summed E-state index contributed by atoms with van der Waals surface area (Å²) in [5, 5.41) is 2.74. The van der Waals surface area contributed by atoms with Crippen molar-refractivity contribution in [2.45, 2.75) is 5.92 Å². The maximum atomic E-state index is 12.2.